The maximum Gasteiger partial charge on any atom is 0.234 e. The van der Waals surface area contributed by atoms with E-state index >= 15 is 0 Å². The average Bonchev–Trinajstić information content (AvgIpc) is 2.91. The summed E-state index contributed by atoms with van der Waals surface area (Å²) in [5.41, 5.74) is 0.927. The molecule has 1 fully saturated rings. The van der Waals surface area contributed by atoms with Gasteiger partial charge in [0.2, 0.25) is 5.91 Å². The van der Waals surface area contributed by atoms with Crippen LogP contribution in [0, 0.1) is 0 Å². The summed E-state index contributed by atoms with van der Waals surface area (Å²) < 4.78 is 5.47. The third kappa shape index (κ3) is 5.67. The summed E-state index contributed by atoms with van der Waals surface area (Å²) in [6.07, 6.45) is 2.45. The number of hydrogen-bond donors (Lipinski definition) is 2. The van der Waals surface area contributed by atoms with E-state index in [1.165, 1.54) is 0 Å². The number of carbonyl (C=O) groups is 1. The number of amides is 1. The van der Waals surface area contributed by atoms with Crippen LogP contribution in [-0.4, -0.2) is 31.7 Å². The molecule has 1 atom stereocenters. The fourth-order valence-electron chi connectivity index (χ4n) is 2.05. The fourth-order valence-corrected chi connectivity index (χ4v) is 2.25. The molecule has 1 saturated heterocycles. The Labute approximate surface area is 130 Å². The van der Waals surface area contributed by atoms with E-state index in [1.807, 2.05) is 24.3 Å². The number of halogens is 2. The summed E-state index contributed by atoms with van der Waals surface area (Å²) in [6.45, 7) is 2.34. The van der Waals surface area contributed by atoms with Crippen LogP contribution in [0.5, 0.6) is 0 Å². The van der Waals surface area contributed by atoms with E-state index in [1.54, 1.807) is 0 Å². The highest BCUT2D eigenvalue weighted by molar-refractivity contribution is 6.31. The zero-order valence-electron chi connectivity index (χ0n) is 11.2. The Balaban J connectivity index is 0.00000200. The number of nitrogens with one attached hydrogen (secondary N) is 2. The van der Waals surface area contributed by atoms with Gasteiger partial charge in [0.1, 0.15) is 0 Å². The molecule has 0 radical (unpaired) electrons. The van der Waals surface area contributed by atoms with Crippen LogP contribution in [-0.2, 0) is 16.1 Å². The Morgan fingerprint density at radius 2 is 2.20 bits per heavy atom. The van der Waals surface area contributed by atoms with Crippen molar-refractivity contribution in [2.45, 2.75) is 25.5 Å². The van der Waals surface area contributed by atoms with E-state index in [-0.39, 0.29) is 24.4 Å². The lowest BCUT2D eigenvalue weighted by atomic mass is 10.2. The summed E-state index contributed by atoms with van der Waals surface area (Å²) in [5, 5.41) is 6.62. The molecule has 0 spiro atoms. The fraction of sp³-hybridized carbons (Fsp3) is 0.500. The van der Waals surface area contributed by atoms with E-state index < -0.39 is 0 Å². The second-order valence-electron chi connectivity index (χ2n) is 4.63. The SMILES string of the molecule is Cl.O=C(CNCC1CCCO1)NCc1ccccc1Cl. The van der Waals surface area contributed by atoms with Crippen molar-refractivity contribution < 1.29 is 9.53 Å². The largest absolute Gasteiger partial charge is 0.377 e. The lowest BCUT2D eigenvalue weighted by molar-refractivity contribution is -0.120. The van der Waals surface area contributed by atoms with Gasteiger partial charge in [0.25, 0.3) is 0 Å². The Bertz CT molecular complexity index is 423. The summed E-state index contributed by atoms with van der Waals surface area (Å²) in [5.74, 6) is -0.0297. The van der Waals surface area contributed by atoms with Gasteiger partial charge in [-0.1, -0.05) is 29.8 Å². The highest BCUT2D eigenvalue weighted by Crippen LogP contribution is 2.14. The minimum atomic E-state index is -0.0297. The zero-order chi connectivity index (χ0) is 13.5. The normalized spacial score (nSPS) is 17.6. The van der Waals surface area contributed by atoms with E-state index in [0.717, 1.165) is 31.6 Å². The first-order chi connectivity index (χ1) is 9.25. The minimum absolute atomic E-state index is 0. The molecule has 0 saturated carbocycles. The van der Waals surface area contributed by atoms with Gasteiger partial charge in [-0.05, 0) is 24.5 Å². The molecule has 1 aromatic carbocycles. The summed E-state index contributed by atoms with van der Waals surface area (Å²) in [6, 6.07) is 7.50. The van der Waals surface area contributed by atoms with Crippen molar-refractivity contribution in [2.24, 2.45) is 0 Å². The van der Waals surface area contributed by atoms with Crippen molar-refractivity contribution in [3.05, 3.63) is 34.9 Å². The molecule has 0 aliphatic carbocycles. The molecule has 6 heteroatoms. The molecule has 1 aromatic rings. The molecular formula is C14H20Cl2N2O2. The maximum atomic E-state index is 11.6. The minimum Gasteiger partial charge on any atom is -0.377 e. The standard InChI is InChI=1S/C14H19ClN2O2.ClH/c15-13-6-2-1-4-11(13)8-17-14(18)10-16-9-12-5-3-7-19-12;/h1-2,4,6,12,16H,3,5,7-10H2,(H,17,18);1H. The highest BCUT2D eigenvalue weighted by Gasteiger charge is 2.15. The summed E-state index contributed by atoms with van der Waals surface area (Å²) in [4.78, 5) is 11.6. The molecule has 112 valence electrons. The zero-order valence-corrected chi connectivity index (χ0v) is 12.8. The Morgan fingerprint density at radius 3 is 2.90 bits per heavy atom. The van der Waals surface area contributed by atoms with Gasteiger partial charge in [0.05, 0.1) is 12.6 Å². The van der Waals surface area contributed by atoms with Crippen LogP contribution >= 0.6 is 24.0 Å². The highest BCUT2D eigenvalue weighted by atomic mass is 35.5. The quantitative estimate of drug-likeness (QED) is 0.845. The first-order valence-corrected chi connectivity index (χ1v) is 6.96. The van der Waals surface area contributed by atoms with Crippen molar-refractivity contribution in [3.8, 4) is 0 Å². The smallest absolute Gasteiger partial charge is 0.234 e. The van der Waals surface area contributed by atoms with Crippen LogP contribution in [0.1, 0.15) is 18.4 Å². The van der Waals surface area contributed by atoms with Crippen molar-refractivity contribution in [1.29, 1.82) is 0 Å². The first kappa shape index (κ1) is 17.2. The number of benzene rings is 1. The molecule has 4 nitrogen and oxygen atoms in total. The Morgan fingerprint density at radius 1 is 1.40 bits per heavy atom. The predicted octanol–water partition coefficient (Wildman–Crippen LogP) is 2.15. The molecule has 0 bridgehead atoms. The third-order valence-electron chi connectivity index (χ3n) is 3.12. The van der Waals surface area contributed by atoms with Crippen molar-refractivity contribution in [3.63, 3.8) is 0 Å². The van der Waals surface area contributed by atoms with Crippen LogP contribution in [0.3, 0.4) is 0 Å². The number of hydrogen-bond acceptors (Lipinski definition) is 3. The molecule has 1 aliphatic heterocycles. The molecular weight excluding hydrogens is 299 g/mol. The second kappa shape index (κ2) is 9.19. The predicted molar refractivity (Wildman–Crippen MR) is 82.4 cm³/mol. The topological polar surface area (TPSA) is 50.4 Å². The molecule has 2 N–H and O–H groups in total. The van der Waals surface area contributed by atoms with Crippen molar-refractivity contribution in [1.82, 2.24) is 10.6 Å². The monoisotopic (exact) mass is 318 g/mol. The van der Waals surface area contributed by atoms with E-state index in [0.29, 0.717) is 18.1 Å². The van der Waals surface area contributed by atoms with Gasteiger partial charge >= 0.3 is 0 Å². The molecule has 2 rings (SSSR count). The molecule has 0 aromatic heterocycles. The lowest BCUT2D eigenvalue weighted by Gasteiger charge is -2.11. The molecule has 1 unspecified atom stereocenters. The Kier molecular flexibility index (Phi) is 7.92. The van der Waals surface area contributed by atoms with Gasteiger partial charge in [-0.3, -0.25) is 4.79 Å². The van der Waals surface area contributed by atoms with Gasteiger partial charge in [-0.2, -0.15) is 0 Å². The number of rotatable bonds is 6. The van der Waals surface area contributed by atoms with Gasteiger partial charge in [0.15, 0.2) is 0 Å². The van der Waals surface area contributed by atoms with Crippen molar-refractivity contribution >= 4 is 29.9 Å². The maximum absolute atomic E-state index is 11.6. The van der Waals surface area contributed by atoms with Crippen LogP contribution in [0.4, 0.5) is 0 Å². The van der Waals surface area contributed by atoms with Crippen LogP contribution < -0.4 is 10.6 Å². The molecule has 20 heavy (non-hydrogen) atoms. The van der Waals surface area contributed by atoms with E-state index in [9.17, 15) is 4.79 Å². The number of carbonyl (C=O) groups excluding carboxylic acids is 1. The van der Waals surface area contributed by atoms with Gasteiger partial charge in [-0.15, -0.1) is 12.4 Å². The van der Waals surface area contributed by atoms with Crippen molar-refractivity contribution in [2.75, 3.05) is 19.7 Å². The molecule has 1 aliphatic rings. The number of ether oxygens (including phenoxy) is 1. The van der Waals surface area contributed by atoms with Crippen LogP contribution in [0.25, 0.3) is 0 Å². The lowest BCUT2D eigenvalue weighted by Crippen LogP contribution is -2.36. The van der Waals surface area contributed by atoms with Crippen LogP contribution in [0.2, 0.25) is 5.02 Å². The van der Waals surface area contributed by atoms with Gasteiger partial charge in [-0.25, -0.2) is 0 Å². The third-order valence-corrected chi connectivity index (χ3v) is 3.48. The van der Waals surface area contributed by atoms with Crippen LogP contribution in [0.15, 0.2) is 24.3 Å². The Hall–Kier alpha value is -0.810. The molecule has 1 heterocycles. The summed E-state index contributed by atoms with van der Waals surface area (Å²) >= 11 is 6.01. The second-order valence-corrected chi connectivity index (χ2v) is 5.04. The van der Waals surface area contributed by atoms with Gasteiger partial charge in [0, 0.05) is 24.7 Å². The first-order valence-electron chi connectivity index (χ1n) is 6.58. The van der Waals surface area contributed by atoms with Gasteiger partial charge < -0.3 is 15.4 Å². The summed E-state index contributed by atoms with van der Waals surface area (Å²) in [7, 11) is 0. The molecule has 1 amide bonds. The average molecular weight is 319 g/mol. The van der Waals surface area contributed by atoms with E-state index in [2.05, 4.69) is 10.6 Å². The van der Waals surface area contributed by atoms with E-state index in [4.69, 9.17) is 16.3 Å².